The van der Waals surface area contributed by atoms with Gasteiger partial charge in [-0.05, 0) is 58.4 Å². The molecule has 1 aliphatic heterocycles. The molecular formula is C16H34N2. The number of unbranched alkanes of at least 4 members (excludes halogenated alkanes) is 6. The van der Waals surface area contributed by atoms with Crippen molar-refractivity contribution in [1.29, 1.82) is 0 Å². The summed E-state index contributed by atoms with van der Waals surface area (Å²) in [6.07, 6.45) is 14.1. The first-order valence-corrected chi connectivity index (χ1v) is 8.36. The van der Waals surface area contributed by atoms with Gasteiger partial charge in [-0.15, -0.1) is 0 Å². The molecule has 0 saturated carbocycles. The number of rotatable bonds is 12. The van der Waals surface area contributed by atoms with Crippen LogP contribution in [0.4, 0.5) is 0 Å². The molecule has 0 atom stereocenters. The smallest absolute Gasteiger partial charge is 0.000664 e. The lowest BCUT2D eigenvalue weighted by molar-refractivity contribution is 0.331. The average Bonchev–Trinajstić information content (AvgIpc) is 2.89. The van der Waals surface area contributed by atoms with E-state index in [0.717, 1.165) is 0 Å². The van der Waals surface area contributed by atoms with Crippen LogP contribution in [-0.2, 0) is 0 Å². The largest absolute Gasteiger partial charge is 0.317 e. The highest BCUT2D eigenvalue weighted by Gasteiger charge is 2.09. The van der Waals surface area contributed by atoms with Gasteiger partial charge in [0.25, 0.3) is 0 Å². The van der Waals surface area contributed by atoms with Crippen LogP contribution in [0, 0.1) is 0 Å². The Bertz CT molecular complexity index is 164. The summed E-state index contributed by atoms with van der Waals surface area (Å²) < 4.78 is 0. The van der Waals surface area contributed by atoms with Gasteiger partial charge in [-0.25, -0.2) is 0 Å². The molecule has 0 radical (unpaired) electrons. The molecule has 0 aliphatic carbocycles. The molecule has 1 heterocycles. The van der Waals surface area contributed by atoms with E-state index in [1.807, 2.05) is 0 Å². The Balaban J connectivity index is 1.68. The summed E-state index contributed by atoms with van der Waals surface area (Å²) in [6.45, 7) is 8.73. The summed E-state index contributed by atoms with van der Waals surface area (Å²) in [5.41, 5.74) is 0. The van der Waals surface area contributed by atoms with Crippen molar-refractivity contribution < 1.29 is 0 Å². The zero-order chi connectivity index (χ0) is 12.9. The number of likely N-dealkylation sites (tertiary alicyclic amines) is 1. The van der Waals surface area contributed by atoms with Crippen LogP contribution in [0.2, 0.25) is 0 Å². The summed E-state index contributed by atoms with van der Waals surface area (Å²) >= 11 is 0. The van der Waals surface area contributed by atoms with E-state index >= 15 is 0 Å². The molecule has 2 heteroatoms. The predicted octanol–water partition coefficient (Wildman–Crippen LogP) is 3.81. The second-order valence-electron chi connectivity index (χ2n) is 5.77. The first-order valence-electron chi connectivity index (χ1n) is 8.36. The second-order valence-corrected chi connectivity index (χ2v) is 5.77. The first-order chi connectivity index (χ1) is 8.93. The van der Waals surface area contributed by atoms with E-state index in [9.17, 15) is 0 Å². The quantitative estimate of drug-likeness (QED) is 0.533. The second kappa shape index (κ2) is 12.0. The highest BCUT2D eigenvalue weighted by Crippen LogP contribution is 2.07. The summed E-state index contributed by atoms with van der Waals surface area (Å²) in [5, 5.41) is 3.58. The van der Waals surface area contributed by atoms with E-state index in [1.165, 1.54) is 96.9 Å². The maximum atomic E-state index is 3.58. The number of hydrogen-bond acceptors (Lipinski definition) is 2. The Labute approximate surface area is 115 Å². The van der Waals surface area contributed by atoms with Gasteiger partial charge in [0.15, 0.2) is 0 Å². The van der Waals surface area contributed by atoms with E-state index in [1.54, 1.807) is 0 Å². The standard InChI is InChI=1S/C16H34N2/c1-2-3-4-5-6-7-8-12-17-13-11-16-18-14-9-10-15-18/h17H,2-16H2,1H3. The van der Waals surface area contributed by atoms with Gasteiger partial charge in [0.05, 0.1) is 0 Å². The van der Waals surface area contributed by atoms with E-state index < -0.39 is 0 Å². The number of nitrogens with zero attached hydrogens (tertiary/aromatic N) is 1. The summed E-state index contributed by atoms with van der Waals surface area (Å²) in [6, 6.07) is 0. The van der Waals surface area contributed by atoms with Gasteiger partial charge in [0, 0.05) is 0 Å². The maximum absolute atomic E-state index is 3.58. The third-order valence-corrected chi connectivity index (χ3v) is 3.98. The van der Waals surface area contributed by atoms with Crippen LogP contribution < -0.4 is 5.32 Å². The van der Waals surface area contributed by atoms with E-state index in [2.05, 4.69) is 17.1 Å². The van der Waals surface area contributed by atoms with Crippen molar-refractivity contribution in [2.75, 3.05) is 32.7 Å². The molecule has 2 nitrogen and oxygen atoms in total. The summed E-state index contributed by atoms with van der Waals surface area (Å²) in [7, 11) is 0. The minimum absolute atomic E-state index is 1.21. The molecule has 1 aliphatic rings. The van der Waals surface area contributed by atoms with Gasteiger partial charge in [0.2, 0.25) is 0 Å². The van der Waals surface area contributed by atoms with Crippen LogP contribution in [0.3, 0.4) is 0 Å². The van der Waals surface area contributed by atoms with Crippen molar-refractivity contribution in [3.8, 4) is 0 Å². The fourth-order valence-electron chi connectivity index (χ4n) is 2.77. The Hall–Kier alpha value is -0.0800. The molecule has 1 N–H and O–H groups in total. The van der Waals surface area contributed by atoms with Crippen molar-refractivity contribution in [2.24, 2.45) is 0 Å². The van der Waals surface area contributed by atoms with Gasteiger partial charge in [-0.3, -0.25) is 0 Å². The van der Waals surface area contributed by atoms with Crippen molar-refractivity contribution >= 4 is 0 Å². The lowest BCUT2D eigenvalue weighted by Gasteiger charge is -2.14. The highest BCUT2D eigenvalue weighted by atomic mass is 15.1. The van der Waals surface area contributed by atoms with Crippen LogP contribution in [0.25, 0.3) is 0 Å². The Morgan fingerprint density at radius 1 is 0.778 bits per heavy atom. The van der Waals surface area contributed by atoms with Crippen molar-refractivity contribution in [3.05, 3.63) is 0 Å². The average molecular weight is 254 g/mol. The van der Waals surface area contributed by atoms with Gasteiger partial charge < -0.3 is 10.2 Å². The molecule has 1 rings (SSSR count). The Morgan fingerprint density at radius 2 is 1.39 bits per heavy atom. The summed E-state index contributed by atoms with van der Waals surface area (Å²) in [5.74, 6) is 0. The number of nitrogens with one attached hydrogen (secondary N) is 1. The Morgan fingerprint density at radius 3 is 2.11 bits per heavy atom. The maximum Gasteiger partial charge on any atom is -0.000664 e. The fraction of sp³-hybridized carbons (Fsp3) is 1.00. The van der Waals surface area contributed by atoms with Gasteiger partial charge in [-0.2, -0.15) is 0 Å². The minimum atomic E-state index is 1.21. The third kappa shape index (κ3) is 8.93. The zero-order valence-corrected chi connectivity index (χ0v) is 12.6. The van der Waals surface area contributed by atoms with Crippen LogP contribution >= 0.6 is 0 Å². The topological polar surface area (TPSA) is 15.3 Å². The zero-order valence-electron chi connectivity index (χ0n) is 12.6. The molecule has 1 fully saturated rings. The number of hydrogen-bond donors (Lipinski definition) is 1. The minimum Gasteiger partial charge on any atom is -0.317 e. The Kier molecular flexibility index (Phi) is 10.6. The third-order valence-electron chi connectivity index (χ3n) is 3.98. The van der Waals surface area contributed by atoms with E-state index in [-0.39, 0.29) is 0 Å². The lowest BCUT2D eigenvalue weighted by Crippen LogP contribution is -2.25. The molecule has 1 saturated heterocycles. The van der Waals surface area contributed by atoms with Gasteiger partial charge in [-0.1, -0.05) is 45.4 Å². The molecule has 0 unspecified atom stereocenters. The molecular weight excluding hydrogens is 220 g/mol. The molecule has 0 aromatic carbocycles. The lowest BCUT2D eigenvalue weighted by atomic mass is 10.1. The molecule has 0 amide bonds. The van der Waals surface area contributed by atoms with Crippen LogP contribution in [0.1, 0.15) is 71.1 Å². The monoisotopic (exact) mass is 254 g/mol. The van der Waals surface area contributed by atoms with E-state index in [4.69, 9.17) is 0 Å². The van der Waals surface area contributed by atoms with Gasteiger partial charge >= 0.3 is 0 Å². The summed E-state index contributed by atoms with van der Waals surface area (Å²) in [4.78, 5) is 2.61. The SMILES string of the molecule is CCCCCCCCCNCCCN1CCCC1. The highest BCUT2D eigenvalue weighted by molar-refractivity contribution is 4.66. The van der Waals surface area contributed by atoms with Crippen LogP contribution in [0.5, 0.6) is 0 Å². The molecule has 108 valence electrons. The predicted molar refractivity (Wildman–Crippen MR) is 81.2 cm³/mol. The van der Waals surface area contributed by atoms with Crippen LogP contribution in [0.15, 0.2) is 0 Å². The van der Waals surface area contributed by atoms with Crippen molar-refractivity contribution in [3.63, 3.8) is 0 Å². The van der Waals surface area contributed by atoms with Crippen molar-refractivity contribution in [1.82, 2.24) is 10.2 Å². The molecule has 0 bridgehead atoms. The van der Waals surface area contributed by atoms with Crippen molar-refractivity contribution in [2.45, 2.75) is 71.1 Å². The normalized spacial score (nSPS) is 16.5. The molecule has 0 aromatic rings. The van der Waals surface area contributed by atoms with Crippen LogP contribution in [-0.4, -0.2) is 37.6 Å². The fourth-order valence-corrected chi connectivity index (χ4v) is 2.77. The molecule has 0 aromatic heterocycles. The van der Waals surface area contributed by atoms with Gasteiger partial charge in [0.1, 0.15) is 0 Å². The first kappa shape index (κ1) is 16.0. The molecule has 18 heavy (non-hydrogen) atoms. The molecule has 0 spiro atoms. The van der Waals surface area contributed by atoms with E-state index in [0.29, 0.717) is 0 Å².